The number of anilines is 1. The number of ether oxygens (including phenoxy) is 2. The molecule has 0 unspecified atom stereocenters. The first-order valence-electron chi connectivity index (χ1n) is 25.1. The minimum absolute atomic E-state index is 0.0754. The summed E-state index contributed by atoms with van der Waals surface area (Å²) in [6, 6.07) is 37.7. The van der Waals surface area contributed by atoms with Crippen LogP contribution in [0.25, 0.3) is 0 Å². The second-order valence-corrected chi connectivity index (χ2v) is 19.2. The first kappa shape index (κ1) is 46.7. The zero-order valence-electron chi connectivity index (χ0n) is 39.7. The third-order valence-electron chi connectivity index (χ3n) is 14.9. The number of aliphatic hydroxyl groups excluding tert-OH is 1. The molecule has 11 heteroatoms. The number of nitrogens with zero attached hydrogens (tertiary/aromatic N) is 3. The highest BCUT2D eigenvalue weighted by atomic mass is 16.6. The van der Waals surface area contributed by atoms with Crippen molar-refractivity contribution in [3.63, 3.8) is 0 Å². The summed E-state index contributed by atoms with van der Waals surface area (Å²) in [5.41, 5.74) is 3.63. The van der Waals surface area contributed by atoms with E-state index in [0.29, 0.717) is 41.2 Å². The van der Waals surface area contributed by atoms with Crippen LogP contribution < -0.4 is 15.0 Å². The van der Waals surface area contributed by atoms with Crippen molar-refractivity contribution in [1.29, 1.82) is 0 Å². The minimum Gasteiger partial charge on any atom is -0.491 e. The standard InChI is InChI=1S/C59H60N4O7/c1-40(43-21-11-6-12-22-43)60-58(68)62-49-34-29-42(28-27-41-19-9-5-10-20-41)39-48(49)59(57(62)67)50(55(65)61-35-17-3-2-4-18-36-61)52-56(66)70-53(45-25-15-8-16-26-45)51(44-23-13-7-14-24-44)63(52)54(59)46-30-32-47(33-31-46)69-38-37-64/h6-8,11-16,19,21-26,29-34,39-40,50-54,64H,2-5,9-10,17-18,20,35-38H2,1H3,(H,60,68)/t40-,50-,51-,52-,53+,54+,59-/m1/s1. The number of hydrogen-bond acceptors (Lipinski definition) is 8. The summed E-state index contributed by atoms with van der Waals surface area (Å²) in [4.78, 5) is 69.2. The van der Waals surface area contributed by atoms with Gasteiger partial charge in [0.2, 0.25) is 11.8 Å². The largest absolute Gasteiger partial charge is 0.491 e. The number of urea groups is 1. The van der Waals surface area contributed by atoms with Crippen LogP contribution in [-0.2, 0) is 24.5 Å². The van der Waals surface area contributed by atoms with Gasteiger partial charge in [-0.25, -0.2) is 9.69 Å². The van der Waals surface area contributed by atoms with Crippen molar-refractivity contribution in [3.8, 4) is 17.6 Å². The van der Waals surface area contributed by atoms with Gasteiger partial charge in [-0.05, 0) is 109 Å². The summed E-state index contributed by atoms with van der Waals surface area (Å²) in [6.45, 7) is 2.69. The van der Waals surface area contributed by atoms with Crippen molar-refractivity contribution in [2.24, 2.45) is 5.92 Å². The lowest BCUT2D eigenvalue weighted by atomic mass is 9.64. The predicted octanol–water partition coefficient (Wildman–Crippen LogP) is 9.84. The molecule has 1 spiro atoms. The van der Waals surface area contributed by atoms with E-state index in [-0.39, 0.29) is 19.1 Å². The number of likely N-dealkylation sites (tertiary alicyclic amines) is 1. The van der Waals surface area contributed by atoms with Crippen molar-refractivity contribution in [2.75, 3.05) is 31.2 Å². The van der Waals surface area contributed by atoms with Crippen molar-refractivity contribution < 1.29 is 33.8 Å². The number of aliphatic hydroxyl groups is 1. The Labute approximate surface area is 410 Å². The highest BCUT2D eigenvalue weighted by Crippen LogP contribution is 2.66. The second-order valence-electron chi connectivity index (χ2n) is 19.2. The Morgan fingerprint density at radius 2 is 1.44 bits per heavy atom. The molecule has 4 aliphatic heterocycles. The molecule has 4 heterocycles. The Kier molecular flexibility index (Phi) is 13.7. The van der Waals surface area contributed by atoms with Gasteiger partial charge >= 0.3 is 12.0 Å². The summed E-state index contributed by atoms with van der Waals surface area (Å²) in [6.07, 6.45) is 9.87. The molecule has 358 valence electrons. The molecule has 0 bridgehead atoms. The first-order valence-corrected chi connectivity index (χ1v) is 25.1. The van der Waals surface area contributed by atoms with Gasteiger partial charge < -0.3 is 24.8 Å². The zero-order valence-corrected chi connectivity index (χ0v) is 39.7. The van der Waals surface area contributed by atoms with Crippen LogP contribution in [0.15, 0.2) is 145 Å². The van der Waals surface area contributed by atoms with E-state index in [4.69, 9.17) is 9.47 Å². The molecular weight excluding hydrogens is 877 g/mol. The maximum absolute atomic E-state index is 16.8. The van der Waals surface area contributed by atoms with Crippen LogP contribution in [0.3, 0.4) is 0 Å². The third kappa shape index (κ3) is 8.69. The number of cyclic esters (lactones) is 1. The van der Waals surface area contributed by atoms with Crippen molar-refractivity contribution in [3.05, 3.63) is 178 Å². The van der Waals surface area contributed by atoms with E-state index in [1.165, 1.54) is 4.90 Å². The van der Waals surface area contributed by atoms with Gasteiger partial charge in [0, 0.05) is 18.7 Å². The fraction of sp³-hybridized carbons (Fsp3) is 0.356. The topological polar surface area (TPSA) is 129 Å². The van der Waals surface area contributed by atoms with E-state index in [2.05, 4.69) is 28.1 Å². The van der Waals surface area contributed by atoms with E-state index in [0.717, 1.165) is 80.1 Å². The Morgan fingerprint density at radius 3 is 2.11 bits per heavy atom. The molecule has 0 aromatic heterocycles. The van der Waals surface area contributed by atoms with Gasteiger partial charge in [-0.3, -0.25) is 19.3 Å². The number of nitrogens with one attached hydrogen (secondary N) is 1. The van der Waals surface area contributed by atoms with Crippen LogP contribution in [0.1, 0.15) is 122 Å². The van der Waals surface area contributed by atoms with Gasteiger partial charge in [-0.15, -0.1) is 0 Å². The van der Waals surface area contributed by atoms with Gasteiger partial charge in [0.05, 0.1) is 36.3 Å². The number of hydrogen-bond donors (Lipinski definition) is 2. The fourth-order valence-electron chi connectivity index (χ4n) is 11.7. The maximum atomic E-state index is 16.8. The van der Waals surface area contributed by atoms with E-state index in [1.54, 1.807) is 18.2 Å². The molecule has 7 atom stereocenters. The summed E-state index contributed by atoms with van der Waals surface area (Å²) in [5.74, 6) is 4.42. The molecule has 4 amide bonds. The average Bonchev–Trinajstić information content (AvgIpc) is 3.84. The van der Waals surface area contributed by atoms with E-state index >= 15 is 19.2 Å². The minimum atomic E-state index is -1.89. The van der Waals surface area contributed by atoms with Gasteiger partial charge in [0.15, 0.2) is 0 Å². The number of imide groups is 1. The Morgan fingerprint density at radius 1 is 0.771 bits per heavy atom. The molecule has 10 rings (SSSR count). The van der Waals surface area contributed by atoms with Gasteiger partial charge in [0.25, 0.3) is 0 Å². The lowest BCUT2D eigenvalue weighted by molar-refractivity contribution is -0.179. The monoisotopic (exact) mass is 936 g/mol. The smallest absolute Gasteiger partial charge is 0.329 e. The molecule has 0 saturated carbocycles. The van der Waals surface area contributed by atoms with Gasteiger partial charge in [0.1, 0.15) is 29.9 Å². The van der Waals surface area contributed by atoms with Crippen LogP contribution in [0.5, 0.6) is 5.75 Å². The number of rotatable bonds is 9. The number of carbonyl (C=O) groups excluding carboxylic acids is 4. The molecule has 11 nitrogen and oxygen atoms in total. The summed E-state index contributed by atoms with van der Waals surface area (Å²) >= 11 is 0. The van der Waals surface area contributed by atoms with Crippen LogP contribution in [0.2, 0.25) is 0 Å². The predicted molar refractivity (Wildman–Crippen MR) is 267 cm³/mol. The van der Waals surface area contributed by atoms with Gasteiger partial charge in [-0.1, -0.05) is 140 Å². The number of morpholine rings is 1. The molecule has 5 aliphatic rings. The average molecular weight is 937 g/mol. The Hall–Kier alpha value is -7.00. The van der Waals surface area contributed by atoms with E-state index in [9.17, 15) is 5.11 Å². The highest BCUT2D eigenvalue weighted by Gasteiger charge is 2.76. The highest BCUT2D eigenvalue weighted by molar-refractivity contribution is 6.24. The van der Waals surface area contributed by atoms with Crippen LogP contribution in [0, 0.1) is 17.8 Å². The molecule has 5 aromatic carbocycles. The van der Waals surface area contributed by atoms with Crippen molar-refractivity contribution in [1.82, 2.24) is 15.1 Å². The summed E-state index contributed by atoms with van der Waals surface area (Å²) in [7, 11) is 0. The Bertz CT molecular complexity index is 2800. The lowest BCUT2D eigenvalue weighted by Crippen LogP contribution is -2.57. The van der Waals surface area contributed by atoms with E-state index < -0.39 is 59.5 Å². The second kappa shape index (κ2) is 20.5. The number of benzene rings is 5. The van der Waals surface area contributed by atoms with Crippen molar-refractivity contribution >= 4 is 29.5 Å². The third-order valence-corrected chi connectivity index (χ3v) is 14.9. The fourth-order valence-corrected chi connectivity index (χ4v) is 11.7. The quantitative estimate of drug-likeness (QED) is 0.111. The normalized spacial score (nSPS) is 24.8. The molecule has 3 saturated heterocycles. The molecule has 0 radical (unpaired) electrons. The van der Waals surface area contributed by atoms with E-state index in [1.807, 2.05) is 127 Å². The van der Waals surface area contributed by atoms with Crippen LogP contribution in [-0.4, -0.2) is 71.1 Å². The number of allylic oxidation sites excluding steroid dienone is 2. The molecule has 5 aromatic rings. The first-order chi connectivity index (χ1) is 34.3. The maximum Gasteiger partial charge on any atom is 0.329 e. The Balaban J connectivity index is 1.26. The molecule has 1 aliphatic carbocycles. The number of fused-ring (bicyclic) bond motifs is 3. The lowest BCUT2D eigenvalue weighted by Gasteiger charge is -2.46. The number of amides is 4. The number of carbonyl (C=O) groups is 4. The molecule has 70 heavy (non-hydrogen) atoms. The number of esters is 1. The van der Waals surface area contributed by atoms with Crippen LogP contribution >= 0.6 is 0 Å². The van der Waals surface area contributed by atoms with Crippen molar-refractivity contribution in [2.45, 2.75) is 100 Å². The zero-order chi connectivity index (χ0) is 48.2. The van der Waals surface area contributed by atoms with Gasteiger partial charge in [-0.2, -0.15) is 0 Å². The summed E-state index contributed by atoms with van der Waals surface area (Å²) < 4.78 is 12.6. The SMILES string of the molecule is C[C@@H](NC(=O)N1C(=O)[C@@]2(c3cc(C#CC4=CCCCC4)ccc31)[C@H](c1ccc(OCCO)cc1)N1[C@H](c3ccccc3)[C@H](c3ccccc3)OC(=O)[C@H]1[C@@H]2C(=O)N1CCCCCCC1)c1ccccc1. The summed E-state index contributed by atoms with van der Waals surface area (Å²) in [5, 5.41) is 12.8. The molecule has 2 N–H and O–H groups in total. The molecular formula is C59H60N4O7. The molecule has 3 fully saturated rings. The van der Waals surface area contributed by atoms with Crippen LogP contribution in [0.4, 0.5) is 10.5 Å².